The topological polar surface area (TPSA) is 12.9 Å². The number of hydrogen-bond acceptors (Lipinski definition) is 1. The lowest BCUT2D eigenvalue weighted by Crippen LogP contribution is -2.50. The fourth-order valence-electron chi connectivity index (χ4n) is 3.72. The Morgan fingerprint density at radius 3 is 2.19 bits per heavy atom. The van der Waals surface area contributed by atoms with Gasteiger partial charge in [0, 0.05) is 6.20 Å². The maximum Gasteiger partial charge on any atom is 0.416 e. The van der Waals surface area contributed by atoms with Crippen molar-refractivity contribution >= 4 is 30.0 Å². The lowest BCUT2D eigenvalue weighted by atomic mass is 10.00. The summed E-state index contributed by atoms with van der Waals surface area (Å²) >= 11 is 6.38. The zero-order chi connectivity index (χ0) is 18.7. The molecule has 0 atom stereocenters. The van der Waals surface area contributed by atoms with Crippen LogP contribution in [0.4, 0.5) is 13.2 Å². The van der Waals surface area contributed by atoms with Crippen LogP contribution in [0.2, 0.25) is 18.2 Å². The standard InChI is InChI=1S/C20H15ClF3NSi/c1-26(2)17-11-13(12-3-6-14(7-4-12)20(22,23)24)5-8-15(17)16-9-10-25-19(21)18(16)26/h3-11H,1-2H3. The first-order valence-electron chi connectivity index (χ1n) is 8.17. The zero-order valence-corrected chi connectivity index (χ0v) is 15.9. The molecule has 0 fully saturated rings. The summed E-state index contributed by atoms with van der Waals surface area (Å²) in [6, 6.07) is 13.4. The number of alkyl halides is 3. The molecule has 4 rings (SSSR count). The van der Waals surface area contributed by atoms with Gasteiger partial charge in [-0.05, 0) is 50.8 Å². The van der Waals surface area contributed by atoms with E-state index in [1.807, 2.05) is 18.2 Å². The normalized spacial score (nSPS) is 14.8. The molecule has 0 N–H and O–H groups in total. The third-order valence-corrected chi connectivity index (χ3v) is 9.02. The number of pyridine rings is 1. The average molecular weight is 390 g/mol. The number of halogens is 4. The van der Waals surface area contributed by atoms with Gasteiger partial charge in [-0.2, -0.15) is 13.2 Å². The van der Waals surface area contributed by atoms with Crippen molar-refractivity contribution in [2.24, 2.45) is 0 Å². The van der Waals surface area contributed by atoms with E-state index >= 15 is 0 Å². The predicted octanol–water partition coefficient (Wildman–Crippen LogP) is 5.22. The van der Waals surface area contributed by atoms with Crippen molar-refractivity contribution in [3.05, 3.63) is 65.4 Å². The number of benzene rings is 2. The van der Waals surface area contributed by atoms with Gasteiger partial charge in [0.25, 0.3) is 0 Å². The Morgan fingerprint density at radius 1 is 0.885 bits per heavy atom. The Morgan fingerprint density at radius 2 is 1.54 bits per heavy atom. The number of hydrogen-bond donors (Lipinski definition) is 0. The van der Waals surface area contributed by atoms with E-state index in [4.69, 9.17) is 11.6 Å². The lowest BCUT2D eigenvalue weighted by Gasteiger charge is -2.20. The van der Waals surface area contributed by atoms with Crippen molar-refractivity contribution in [2.45, 2.75) is 19.3 Å². The van der Waals surface area contributed by atoms with Crippen LogP contribution in [-0.2, 0) is 6.18 Å². The highest BCUT2D eigenvalue weighted by molar-refractivity contribution is 7.04. The maximum atomic E-state index is 12.8. The molecule has 1 nitrogen and oxygen atoms in total. The van der Waals surface area contributed by atoms with Gasteiger partial charge >= 0.3 is 6.18 Å². The van der Waals surface area contributed by atoms with E-state index in [2.05, 4.69) is 24.1 Å². The molecule has 0 saturated carbocycles. The molecule has 0 bridgehead atoms. The summed E-state index contributed by atoms with van der Waals surface area (Å²) < 4.78 is 38.3. The fourth-order valence-corrected chi connectivity index (χ4v) is 7.73. The van der Waals surface area contributed by atoms with Gasteiger partial charge in [-0.1, -0.05) is 55.0 Å². The molecule has 0 saturated heterocycles. The van der Waals surface area contributed by atoms with Crippen LogP contribution in [0, 0.1) is 0 Å². The Kier molecular flexibility index (Phi) is 3.79. The third kappa shape index (κ3) is 2.58. The summed E-state index contributed by atoms with van der Waals surface area (Å²) in [5.74, 6) is 0. The second kappa shape index (κ2) is 5.69. The fraction of sp³-hybridized carbons (Fsp3) is 0.150. The van der Waals surface area contributed by atoms with Gasteiger partial charge < -0.3 is 0 Å². The lowest BCUT2D eigenvalue weighted by molar-refractivity contribution is -0.137. The van der Waals surface area contributed by atoms with Crippen LogP contribution in [-0.4, -0.2) is 13.1 Å². The Bertz CT molecular complexity index is 1010. The zero-order valence-electron chi connectivity index (χ0n) is 14.2. The first-order chi connectivity index (χ1) is 12.2. The Hall–Kier alpha value is -2.11. The van der Waals surface area contributed by atoms with Gasteiger partial charge in [0.05, 0.1) is 5.56 Å². The van der Waals surface area contributed by atoms with E-state index in [0.29, 0.717) is 5.15 Å². The summed E-state index contributed by atoms with van der Waals surface area (Å²) in [4.78, 5) is 4.24. The smallest absolute Gasteiger partial charge is 0.245 e. The predicted molar refractivity (Wildman–Crippen MR) is 102 cm³/mol. The highest BCUT2D eigenvalue weighted by Gasteiger charge is 2.39. The highest BCUT2D eigenvalue weighted by atomic mass is 35.5. The summed E-state index contributed by atoms with van der Waals surface area (Å²) in [6.45, 7) is 4.45. The molecular formula is C20H15ClF3NSi. The molecule has 132 valence electrons. The minimum absolute atomic E-state index is 0.548. The molecule has 2 heterocycles. The van der Waals surface area contributed by atoms with Crippen LogP contribution in [0.1, 0.15) is 5.56 Å². The largest absolute Gasteiger partial charge is 0.416 e. The molecule has 1 aromatic heterocycles. The van der Waals surface area contributed by atoms with Gasteiger partial charge in [-0.25, -0.2) is 4.98 Å². The van der Waals surface area contributed by atoms with Gasteiger partial charge in [0.2, 0.25) is 0 Å². The molecule has 2 aromatic carbocycles. The third-order valence-electron chi connectivity index (χ3n) is 5.06. The first-order valence-corrected chi connectivity index (χ1v) is 11.5. The van der Waals surface area contributed by atoms with E-state index in [-0.39, 0.29) is 0 Å². The van der Waals surface area contributed by atoms with Crippen LogP contribution in [0.15, 0.2) is 54.7 Å². The van der Waals surface area contributed by atoms with Crippen LogP contribution in [0.3, 0.4) is 0 Å². The molecule has 1 aliphatic heterocycles. The van der Waals surface area contributed by atoms with Crippen LogP contribution < -0.4 is 10.4 Å². The first kappa shape index (κ1) is 17.3. The number of aromatic nitrogens is 1. The van der Waals surface area contributed by atoms with Gasteiger partial charge in [-0.3, -0.25) is 0 Å². The average Bonchev–Trinajstić information content (AvgIpc) is 2.83. The van der Waals surface area contributed by atoms with Crippen molar-refractivity contribution in [2.75, 3.05) is 0 Å². The summed E-state index contributed by atoms with van der Waals surface area (Å²) in [5, 5.41) is 2.91. The highest BCUT2D eigenvalue weighted by Crippen LogP contribution is 2.34. The van der Waals surface area contributed by atoms with Crippen molar-refractivity contribution in [1.29, 1.82) is 0 Å². The molecule has 6 heteroatoms. The van der Waals surface area contributed by atoms with E-state index in [1.54, 1.807) is 6.20 Å². The van der Waals surface area contributed by atoms with Crippen molar-refractivity contribution in [3.8, 4) is 22.3 Å². The van der Waals surface area contributed by atoms with Gasteiger partial charge in [0.1, 0.15) is 13.2 Å². The molecule has 3 aromatic rings. The molecule has 1 aliphatic rings. The quantitative estimate of drug-likeness (QED) is 0.410. The number of nitrogens with zero attached hydrogens (tertiary/aromatic N) is 1. The van der Waals surface area contributed by atoms with E-state index in [9.17, 15) is 13.2 Å². The van der Waals surface area contributed by atoms with E-state index in [0.717, 1.165) is 39.6 Å². The van der Waals surface area contributed by atoms with Gasteiger partial charge in [-0.15, -0.1) is 0 Å². The Balaban J connectivity index is 1.82. The van der Waals surface area contributed by atoms with Crippen molar-refractivity contribution in [1.82, 2.24) is 4.98 Å². The Labute approximate surface area is 155 Å². The molecular weight excluding hydrogens is 375 g/mol. The summed E-state index contributed by atoms with van der Waals surface area (Å²) in [6.07, 6.45) is -2.61. The van der Waals surface area contributed by atoms with Crippen LogP contribution >= 0.6 is 11.6 Å². The number of fused-ring (bicyclic) bond motifs is 3. The maximum absolute atomic E-state index is 12.8. The van der Waals surface area contributed by atoms with Crippen LogP contribution in [0.5, 0.6) is 0 Å². The second-order valence-corrected chi connectivity index (χ2v) is 11.6. The van der Waals surface area contributed by atoms with Crippen molar-refractivity contribution in [3.63, 3.8) is 0 Å². The minimum Gasteiger partial charge on any atom is -0.245 e. The van der Waals surface area contributed by atoms with E-state index < -0.39 is 19.8 Å². The number of rotatable bonds is 1. The van der Waals surface area contributed by atoms with E-state index in [1.165, 1.54) is 17.3 Å². The monoisotopic (exact) mass is 389 g/mol. The molecule has 0 amide bonds. The van der Waals surface area contributed by atoms with Gasteiger partial charge in [0.15, 0.2) is 0 Å². The minimum atomic E-state index is -4.32. The SMILES string of the molecule is C[Si]1(C)c2cc(-c3ccc(C(F)(F)F)cc3)ccc2-c2ccnc(Cl)c21. The van der Waals surface area contributed by atoms with Crippen molar-refractivity contribution < 1.29 is 13.2 Å². The molecule has 0 radical (unpaired) electrons. The molecule has 0 aliphatic carbocycles. The van der Waals surface area contributed by atoms with Crippen LogP contribution in [0.25, 0.3) is 22.3 Å². The molecule has 26 heavy (non-hydrogen) atoms. The molecule has 0 spiro atoms. The molecule has 0 unspecified atom stereocenters. The summed E-state index contributed by atoms with van der Waals surface area (Å²) in [7, 11) is -2.01. The summed E-state index contributed by atoms with van der Waals surface area (Å²) in [5.41, 5.74) is 3.32. The second-order valence-electron chi connectivity index (χ2n) is 6.98.